The number of aldehydes is 1. The van der Waals surface area contributed by atoms with Gasteiger partial charge in [0.25, 0.3) is 0 Å². The second-order valence-electron chi connectivity index (χ2n) is 12.0. The van der Waals surface area contributed by atoms with Crippen LogP contribution in [0.3, 0.4) is 0 Å². The fourth-order valence-corrected chi connectivity index (χ4v) is 8.21. The van der Waals surface area contributed by atoms with Crippen molar-refractivity contribution in [2.75, 3.05) is 79.2 Å². The van der Waals surface area contributed by atoms with Gasteiger partial charge in [0.05, 0.1) is 38.4 Å². The average Bonchev–Trinajstić information content (AvgIpc) is 3.08. The zero-order valence-electron chi connectivity index (χ0n) is 27.6. The molecule has 1 fully saturated rings. The number of nitrogens with zero attached hydrogens (tertiary/aromatic N) is 3. The third-order valence-corrected chi connectivity index (χ3v) is 10.9. The SMILES string of the molecule is COc1cc(OC)c(OC)cc1CCN1CCN(CCCCOc2ccc(Cl)cc2C2(C)Sc3ccccc3N(C)C2C=O)CC1. The fourth-order valence-electron chi connectivity index (χ4n) is 6.52. The number of carbonyl (C=O) groups excluding carboxylic acids is 1. The molecule has 0 aliphatic carbocycles. The highest BCUT2D eigenvalue weighted by Gasteiger charge is 2.46. The lowest BCUT2D eigenvalue weighted by atomic mass is 9.90. The third-order valence-electron chi connectivity index (χ3n) is 9.23. The van der Waals surface area contributed by atoms with Gasteiger partial charge in [0.2, 0.25) is 0 Å². The lowest BCUT2D eigenvalue weighted by molar-refractivity contribution is -0.109. The first-order valence-electron chi connectivity index (χ1n) is 15.9. The van der Waals surface area contributed by atoms with E-state index in [9.17, 15) is 4.79 Å². The Morgan fingerprint density at radius 3 is 2.24 bits per heavy atom. The van der Waals surface area contributed by atoms with E-state index in [1.807, 2.05) is 49.5 Å². The minimum atomic E-state index is -0.560. The monoisotopic (exact) mass is 667 g/mol. The lowest BCUT2D eigenvalue weighted by Crippen LogP contribution is -2.49. The molecule has 1 saturated heterocycles. The number of carbonyl (C=O) groups is 1. The molecule has 2 heterocycles. The van der Waals surface area contributed by atoms with Gasteiger partial charge in [-0.05, 0) is 74.7 Å². The van der Waals surface area contributed by atoms with Crippen molar-refractivity contribution in [1.82, 2.24) is 9.80 Å². The molecular weight excluding hydrogens is 622 g/mol. The van der Waals surface area contributed by atoms with Crippen LogP contribution >= 0.6 is 23.4 Å². The number of benzene rings is 3. The van der Waals surface area contributed by atoms with Crippen LogP contribution in [0.25, 0.3) is 0 Å². The van der Waals surface area contributed by atoms with E-state index in [0.717, 1.165) is 104 Å². The summed E-state index contributed by atoms with van der Waals surface area (Å²) in [7, 11) is 6.98. The summed E-state index contributed by atoms with van der Waals surface area (Å²) in [5.74, 6) is 3.03. The van der Waals surface area contributed by atoms with E-state index in [4.69, 9.17) is 30.5 Å². The molecule has 2 unspecified atom stereocenters. The maximum absolute atomic E-state index is 12.5. The number of hydrogen-bond donors (Lipinski definition) is 0. The number of rotatable bonds is 14. The summed E-state index contributed by atoms with van der Waals surface area (Å²) in [4.78, 5) is 20.7. The molecule has 0 amide bonds. The highest BCUT2D eigenvalue weighted by atomic mass is 35.5. The van der Waals surface area contributed by atoms with Gasteiger partial charge in [0, 0.05) is 61.3 Å². The lowest BCUT2D eigenvalue weighted by Gasteiger charge is -2.46. The van der Waals surface area contributed by atoms with Crippen LogP contribution in [-0.2, 0) is 16.0 Å². The maximum atomic E-state index is 12.5. The summed E-state index contributed by atoms with van der Waals surface area (Å²) in [5.41, 5.74) is 3.14. The van der Waals surface area contributed by atoms with Crippen molar-refractivity contribution in [2.24, 2.45) is 0 Å². The molecular formula is C36H46ClN3O5S. The molecule has 5 rings (SSSR count). The molecule has 2 aliphatic rings. The number of methoxy groups -OCH3 is 3. The number of para-hydroxylation sites is 1. The zero-order valence-corrected chi connectivity index (χ0v) is 29.2. The van der Waals surface area contributed by atoms with Crippen molar-refractivity contribution in [1.29, 1.82) is 0 Å². The third kappa shape index (κ3) is 7.54. The summed E-state index contributed by atoms with van der Waals surface area (Å²) in [6.45, 7) is 8.97. The molecule has 46 heavy (non-hydrogen) atoms. The number of fused-ring (bicyclic) bond motifs is 1. The summed E-state index contributed by atoms with van der Waals surface area (Å²) in [6, 6.07) is 17.5. The van der Waals surface area contributed by atoms with Crippen LogP contribution in [-0.4, -0.2) is 96.4 Å². The maximum Gasteiger partial charge on any atom is 0.164 e. The van der Waals surface area contributed by atoms with E-state index >= 15 is 0 Å². The van der Waals surface area contributed by atoms with Crippen molar-refractivity contribution < 1.29 is 23.7 Å². The van der Waals surface area contributed by atoms with Gasteiger partial charge in [0.1, 0.15) is 23.8 Å². The van der Waals surface area contributed by atoms with Gasteiger partial charge in [-0.15, -0.1) is 11.8 Å². The molecule has 0 spiro atoms. The molecule has 0 bridgehead atoms. The molecule has 0 saturated carbocycles. The number of likely N-dealkylation sites (N-methyl/N-ethyl adjacent to an activating group) is 1. The smallest absolute Gasteiger partial charge is 0.164 e. The Labute approximate surface area is 282 Å². The second-order valence-corrected chi connectivity index (χ2v) is 13.9. The minimum absolute atomic E-state index is 0.368. The first-order chi connectivity index (χ1) is 22.3. The number of unbranched alkanes of at least 4 members (excludes halogenated alkanes) is 1. The van der Waals surface area contributed by atoms with Crippen LogP contribution in [0.1, 0.15) is 30.9 Å². The Hall–Kier alpha value is -3.11. The summed E-state index contributed by atoms with van der Waals surface area (Å²) >= 11 is 8.20. The standard InChI is InChI=1S/C36H46ClN3O5S/c1-36(35(25-41)38(2)29-10-6-7-11-34(29)46-36)28-23-27(37)12-13-30(28)45-21-9-8-15-39-17-19-40(20-18-39)16-14-26-22-32(43-4)33(44-5)24-31(26)42-3/h6-7,10-13,22-25,35H,8-9,14-21H2,1-5H3. The van der Waals surface area contributed by atoms with Gasteiger partial charge in [-0.2, -0.15) is 0 Å². The first kappa shape index (κ1) is 34.2. The Morgan fingerprint density at radius 1 is 0.870 bits per heavy atom. The second kappa shape index (κ2) is 15.7. The Balaban J connectivity index is 1.10. The average molecular weight is 668 g/mol. The number of thioether (sulfide) groups is 1. The zero-order chi connectivity index (χ0) is 32.7. The van der Waals surface area contributed by atoms with Crippen molar-refractivity contribution >= 4 is 35.3 Å². The van der Waals surface area contributed by atoms with Gasteiger partial charge in [-0.1, -0.05) is 23.7 Å². The summed E-state index contributed by atoms with van der Waals surface area (Å²) < 4.78 is 22.4. The van der Waals surface area contributed by atoms with E-state index in [0.29, 0.717) is 17.4 Å². The molecule has 3 aromatic rings. The van der Waals surface area contributed by atoms with Gasteiger partial charge < -0.3 is 38.4 Å². The van der Waals surface area contributed by atoms with Gasteiger partial charge in [-0.25, -0.2) is 0 Å². The van der Waals surface area contributed by atoms with Crippen molar-refractivity contribution in [3.63, 3.8) is 0 Å². The van der Waals surface area contributed by atoms with Crippen LogP contribution < -0.4 is 23.8 Å². The number of hydrogen-bond acceptors (Lipinski definition) is 9. The Morgan fingerprint density at radius 2 is 1.54 bits per heavy atom. The van der Waals surface area contributed by atoms with E-state index in [2.05, 4.69) is 33.8 Å². The van der Waals surface area contributed by atoms with Crippen molar-refractivity contribution in [3.8, 4) is 23.0 Å². The summed E-state index contributed by atoms with van der Waals surface area (Å²) in [6.07, 6.45) is 3.94. The number of piperazine rings is 1. The van der Waals surface area contributed by atoms with Crippen molar-refractivity contribution in [3.05, 3.63) is 70.7 Å². The molecule has 3 aromatic carbocycles. The predicted molar refractivity (Wildman–Crippen MR) is 187 cm³/mol. The molecule has 0 radical (unpaired) electrons. The fraction of sp³-hybridized carbons (Fsp3) is 0.472. The van der Waals surface area contributed by atoms with E-state index in [1.165, 1.54) is 0 Å². The number of anilines is 1. The normalized spacial score (nSPS) is 20.2. The van der Waals surface area contributed by atoms with E-state index < -0.39 is 4.75 Å². The van der Waals surface area contributed by atoms with Gasteiger partial charge in [0.15, 0.2) is 11.5 Å². The van der Waals surface area contributed by atoms with Crippen molar-refractivity contribution in [2.45, 2.75) is 41.9 Å². The molecule has 10 heteroatoms. The Kier molecular flexibility index (Phi) is 11.6. The number of halogens is 1. The van der Waals surface area contributed by atoms with Gasteiger partial charge >= 0.3 is 0 Å². The number of ether oxygens (including phenoxy) is 4. The molecule has 2 atom stereocenters. The molecule has 8 nitrogen and oxygen atoms in total. The van der Waals surface area contributed by atoms with Gasteiger partial charge in [-0.3, -0.25) is 0 Å². The molecule has 2 aliphatic heterocycles. The quantitative estimate of drug-likeness (QED) is 0.143. The molecule has 248 valence electrons. The van der Waals surface area contributed by atoms with Crippen LogP contribution in [0.4, 0.5) is 5.69 Å². The first-order valence-corrected chi connectivity index (χ1v) is 17.1. The largest absolute Gasteiger partial charge is 0.496 e. The van der Waals surface area contributed by atoms with Crippen LogP contribution in [0.2, 0.25) is 5.02 Å². The van der Waals surface area contributed by atoms with E-state index in [1.54, 1.807) is 33.1 Å². The van der Waals surface area contributed by atoms with Crippen LogP contribution in [0.5, 0.6) is 23.0 Å². The van der Waals surface area contributed by atoms with Crippen LogP contribution in [0, 0.1) is 0 Å². The predicted octanol–water partition coefficient (Wildman–Crippen LogP) is 6.41. The molecule has 0 N–H and O–H groups in total. The van der Waals surface area contributed by atoms with Crippen LogP contribution in [0.15, 0.2) is 59.5 Å². The Bertz CT molecular complexity index is 1480. The topological polar surface area (TPSA) is 63.7 Å². The van der Waals surface area contributed by atoms with E-state index in [-0.39, 0.29) is 6.04 Å². The minimum Gasteiger partial charge on any atom is -0.496 e. The highest BCUT2D eigenvalue weighted by molar-refractivity contribution is 8.00. The summed E-state index contributed by atoms with van der Waals surface area (Å²) in [5, 5.41) is 0.636. The highest BCUT2D eigenvalue weighted by Crippen LogP contribution is 2.54. The molecule has 0 aromatic heterocycles.